The lowest BCUT2D eigenvalue weighted by Gasteiger charge is -2.14. The van der Waals surface area contributed by atoms with Crippen molar-refractivity contribution in [3.63, 3.8) is 0 Å². The molecular formula is C12H13F3O2. The molecular weight excluding hydrogens is 233 g/mol. The van der Waals surface area contributed by atoms with Gasteiger partial charge in [-0.25, -0.2) is 0 Å². The third kappa shape index (κ3) is 3.76. The van der Waals surface area contributed by atoms with Crippen molar-refractivity contribution in [2.45, 2.75) is 31.9 Å². The summed E-state index contributed by atoms with van der Waals surface area (Å²) in [6.07, 6.45) is -3.84. The number of aliphatic carboxylic acids is 1. The predicted molar refractivity (Wildman–Crippen MR) is 56.7 cm³/mol. The van der Waals surface area contributed by atoms with E-state index in [-0.39, 0.29) is 12.3 Å². The molecule has 0 spiro atoms. The summed E-state index contributed by atoms with van der Waals surface area (Å²) in [6, 6.07) is 4.67. The van der Waals surface area contributed by atoms with Crippen molar-refractivity contribution in [3.05, 3.63) is 35.4 Å². The Balaban J connectivity index is 2.89. The topological polar surface area (TPSA) is 37.3 Å². The number of carboxylic acid groups (broad SMARTS) is 1. The zero-order chi connectivity index (χ0) is 13.1. The smallest absolute Gasteiger partial charge is 0.416 e. The molecule has 0 aromatic heterocycles. The Kier molecular flexibility index (Phi) is 4.15. The van der Waals surface area contributed by atoms with E-state index in [0.29, 0.717) is 12.0 Å². The van der Waals surface area contributed by atoms with E-state index in [2.05, 4.69) is 0 Å². The number of hydrogen-bond acceptors (Lipinski definition) is 1. The number of halogens is 3. The first kappa shape index (κ1) is 13.5. The second kappa shape index (κ2) is 5.21. The fourth-order valence-electron chi connectivity index (χ4n) is 1.65. The van der Waals surface area contributed by atoms with Crippen LogP contribution in [0.25, 0.3) is 0 Å². The molecule has 0 aliphatic carbocycles. The van der Waals surface area contributed by atoms with Gasteiger partial charge in [-0.1, -0.05) is 19.1 Å². The van der Waals surface area contributed by atoms with Crippen molar-refractivity contribution in [2.75, 3.05) is 0 Å². The van der Waals surface area contributed by atoms with Gasteiger partial charge in [0.25, 0.3) is 0 Å². The summed E-state index contributed by atoms with van der Waals surface area (Å²) in [5.41, 5.74) is -0.0886. The molecule has 0 heterocycles. The van der Waals surface area contributed by atoms with Gasteiger partial charge in [0.05, 0.1) is 12.0 Å². The fraction of sp³-hybridized carbons (Fsp3) is 0.417. The molecule has 0 amide bonds. The molecule has 0 bridgehead atoms. The van der Waals surface area contributed by atoms with Crippen molar-refractivity contribution < 1.29 is 23.1 Å². The maximum absolute atomic E-state index is 12.3. The second-order valence-corrected chi connectivity index (χ2v) is 3.82. The molecule has 94 valence electrons. The van der Waals surface area contributed by atoms with Crippen LogP contribution in [0.3, 0.4) is 0 Å². The third-order valence-electron chi connectivity index (χ3n) is 2.62. The lowest BCUT2D eigenvalue weighted by atomic mass is 9.92. The molecule has 1 unspecified atom stereocenters. The molecule has 0 aliphatic rings. The van der Waals surface area contributed by atoms with E-state index in [0.717, 1.165) is 12.1 Å². The minimum atomic E-state index is -4.35. The highest BCUT2D eigenvalue weighted by atomic mass is 19.4. The van der Waals surface area contributed by atoms with Crippen LogP contribution in [0.5, 0.6) is 0 Å². The van der Waals surface area contributed by atoms with Crippen LogP contribution in [0.2, 0.25) is 0 Å². The molecule has 1 rings (SSSR count). The SMILES string of the molecule is CCC(CC(=O)O)c1ccc(C(F)(F)F)cc1. The van der Waals surface area contributed by atoms with Crippen molar-refractivity contribution in [3.8, 4) is 0 Å². The van der Waals surface area contributed by atoms with Crippen molar-refractivity contribution in [1.29, 1.82) is 0 Å². The Labute approximate surface area is 97.1 Å². The summed E-state index contributed by atoms with van der Waals surface area (Å²) < 4.78 is 37.0. The zero-order valence-corrected chi connectivity index (χ0v) is 9.29. The van der Waals surface area contributed by atoms with Crippen LogP contribution >= 0.6 is 0 Å². The quantitative estimate of drug-likeness (QED) is 0.880. The lowest BCUT2D eigenvalue weighted by Crippen LogP contribution is -2.07. The van der Waals surface area contributed by atoms with Crippen LogP contribution in [0, 0.1) is 0 Å². The number of alkyl halides is 3. The van der Waals surface area contributed by atoms with E-state index < -0.39 is 17.7 Å². The number of rotatable bonds is 4. The van der Waals surface area contributed by atoms with Crippen LogP contribution in [0.4, 0.5) is 13.2 Å². The summed E-state index contributed by atoms with van der Waals surface area (Å²) in [5, 5.41) is 8.68. The van der Waals surface area contributed by atoms with Gasteiger partial charge in [-0.3, -0.25) is 4.79 Å². The zero-order valence-electron chi connectivity index (χ0n) is 9.29. The Morgan fingerprint density at radius 1 is 1.29 bits per heavy atom. The minimum Gasteiger partial charge on any atom is -0.481 e. The predicted octanol–water partition coefficient (Wildman–Crippen LogP) is 3.67. The Morgan fingerprint density at radius 2 is 1.82 bits per heavy atom. The van der Waals surface area contributed by atoms with E-state index in [1.807, 2.05) is 6.92 Å². The molecule has 0 saturated heterocycles. The summed E-state index contributed by atoms with van der Waals surface area (Å²) in [5.74, 6) is -1.19. The molecule has 5 heteroatoms. The average molecular weight is 246 g/mol. The van der Waals surface area contributed by atoms with Gasteiger partial charge in [0, 0.05) is 0 Å². The van der Waals surface area contributed by atoms with Crippen LogP contribution in [-0.4, -0.2) is 11.1 Å². The van der Waals surface area contributed by atoms with Crippen molar-refractivity contribution >= 4 is 5.97 Å². The van der Waals surface area contributed by atoms with E-state index in [4.69, 9.17) is 5.11 Å². The first-order valence-electron chi connectivity index (χ1n) is 5.23. The molecule has 1 atom stereocenters. The van der Waals surface area contributed by atoms with Crippen LogP contribution in [-0.2, 0) is 11.0 Å². The minimum absolute atomic E-state index is 0.0676. The summed E-state index contributed by atoms with van der Waals surface area (Å²) >= 11 is 0. The normalized spacial score (nSPS) is 13.4. The highest BCUT2D eigenvalue weighted by Gasteiger charge is 2.30. The molecule has 17 heavy (non-hydrogen) atoms. The van der Waals surface area contributed by atoms with Crippen molar-refractivity contribution in [2.24, 2.45) is 0 Å². The number of benzene rings is 1. The Morgan fingerprint density at radius 3 is 2.18 bits per heavy atom. The number of carbonyl (C=O) groups is 1. The van der Waals surface area contributed by atoms with Gasteiger partial charge < -0.3 is 5.11 Å². The maximum Gasteiger partial charge on any atom is 0.416 e. The molecule has 2 nitrogen and oxygen atoms in total. The van der Waals surface area contributed by atoms with E-state index >= 15 is 0 Å². The monoisotopic (exact) mass is 246 g/mol. The molecule has 0 saturated carbocycles. The standard InChI is InChI=1S/C12H13F3O2/c1-2-8(7-11(16)17)9-3-5-10(6-4-9)12(13,14)15/h3-6,8H,2,7H2,1H3,(H,16,17). The van der Waals surface area contributed by atoms with Crippen LogP contribution in [0.1, 0.15) is 36.8 Å². The van der Waals surface area contributed by atoms with Gasteiger partial charge in [0.2, 0.25) is 0 Å². The van der Waals surface area contributed by atoms with E-state index in [9.17, 15) is 18.0 Å². The van der Waals surface area contributed by atoms with Gasteiger partial charge in [0.15, 0.2) is 0 Å². The summed E-state index contributed by atoms with van der Waals surface area (Å²) in [4.78, 5) is 10.6. The summed E-state index contributed by atoms with van der Waals surface area (Å²) in [7, 11) is 0. The average Bonchev–Trinajstić information content (AvgIpc) is 2.24. The van der Waals surface area contributed by atoms with Gasteiger partial charge in [-0.2, -0.15) is 13.2 Å². The first-order valence-corrected chi connectivity index (χ1v) is 5.23. The van der Waals surface area contributed by atoms with Crippen LogP contribution in [0.15, 0.2) is 24.3 Å². The third-order valence-corrected chi connectivity index (χ3v) is 2.62. The highest BCUT2D eigenvalue weighted by Crippen LogP contribution is 2.31. The molecule has 0 aliphatic heterocycles. The molecule has 1 aromatic carbocycles. The number of carboxylic acids is 1. The second-order valence-electron chi connectivity index (χ2n) is 3.82. The van der Waals surface area contributed by atoms with Crippen LogP contribution < -0.4 is 0 Å². The summed E-state index contributed by atoms with van der Waals surface area (Å²) in [6.45, 7) is 1.81. The van der Waals surface area contributed by atoms with Gasteiger partial charge in [0.1, 0.15) is 0 Å². The number of hydrogen-bond donors (Lipinski definition) is 1. The molecule has 1 aromatic rings. The van der Waals surface area contributed by atoms with Crippen molar-refractivity contribution in [1.82, 2.24) is 0 Å². The Hall–Kier alpha value is -1.52. The molecule has 0 radical (unpaired) electrons. The maximum atomic E-state index is 12.3. The van der Waals surface area contributed by atoms with Gasteiger partial charge in [-0.05, 0) is 30.0 Å². The Bertz CT molecular complexity index is 382. The highest BCUT2D eigenvalue weighted by molar-refractivity contribution is 5.68. The van der Waals surface area contributed by atoms with Gasteiger partial charge >= 0.3 is 12.1 Å². The van der Waals surface area contributed by atoms with E-state index in [1.54, 1.807) is 0 Å². The fourth-order valence-corrected chi connectivity index (χ4v) is 1.65. The first-order chi connectivity index (χ1) is 7.84. The lowest BCUT2D eigenvalue weighted by molar-refractivity contribution is -0.138. The molecule has 0 fully saturated rings. The van der Waals surface area contributed by atoms with Gasteiger partial charge in [-0.15, -0.1) is 0 Å². The van der Waals surface area contributed by atoms with E-state index in [1.165, 1.54) is 12.1 Å². The molecule has 1 N–H and O–H groups in total. The largest absolute Gasteiger partial charge is 0.481 e.